The maximum Gasteiger partial charge on any atom is 0.260 e. The molecule has 0 aliphatic carbocycles. The number of hydrogen-bond acceptors (Lipinski definition) is 7. The Bertz CT molecular complexity index is 836. The molecule has 0 saturated carbocycles. The van der Waals surface area contributed by atoms with Crippen LogP contribution >= 0.6 is 0 Å². The fourth-order valence-corrected chi connectivity index (χ4v) is 3.61. The van der Waals surface area contributed by atoms with Gasteiger partial charge < -0.3 is 23.8 Å². The van der Waals surface area contributed by atoms with E-state index in [2.05, 4.69) is 4.98 Å². The molecule has 1 amide bonds. The Morgan fingerprint density at radius 2 is 1.81 bits per heavy atom. The summed E-state index contributed by atoms with van der Waals surface area (Å²) >= 11 is 0. The van der Waals surface area contributed by atoms with Gasteiger partial charge in [0.2, 0.25) is 0 Å². The van der Waals surface area contributed by atoms with Gasteiger partial charge in [0.25, 0.3) is 5.91 Å². The normalized spacial score (nSPS) is 14.5. The summed E-state index contributed by atoms with van der Waals surface area (Å²) in [6.07, 6.45) is 3.57. The first-order valence-corrected chi connectivity index (χ1v) is 10.5. The summed E-state index contributed by atoms with van der Waals surface area (Å²) in [4.78, 5) is 23.5. The van der Waals surface area contributed by atoms with E-state index in [0.29, 0.717) is 38.7 Å². The number of methoxy groups -OCH3 is 2. The molecule has 1 aliphatic rings. The monoisotopic (exact) mass is 429 g/mol. The first-order chi connectivity index (χ1) is 15.1. The van der Waals surface area contributed by atoms with E-state index in [4.69, 9.17) is 23.9 Å². The number of amides is 1. The quantitative estimate of drug-likeness (QED) is 0.537. The summed E-state index contributed by atoms with van der Waals surface area (Å²) in [5, 5.41) is 0. The first kappa shape index (κ1) is 23.0. The number of nitrogens with zero attached hydrogens (tertiary/aromatic N) is 3. The van der Waals surface area contributed by atoms with E-state index in [1.165, 1.54) is 0 Å². The zero-order chi connectivity index (χ0) is 22.1. The van der Waals surface area contributed by atoms with Crippen LogP contribution in [0.3, 0.4) is 0 Å². The highest BCUT2D eigenvalue weighted by Crippen LogP contribution is 2.29. The molecule has 1 aliphatic heterocycles. The van der Waals surface area contributed by atoms with Gasteiger partial charge in [-0.05, 0) is 44.0 Å². The number of carbonyl (C=O) groups excluding carboxylic acids is 1. The van der Waals surface area contributed by atoms with Crippen molar-refractivity contribution in [2.24, 2.45) is 0 Å². The molecule has 0 atom stereocenters. The third-order valence-electron chi connectivity index (χ3n) is 5.36. The average molecular weight is 430 g/mol. The van der Waals surface area contributed by atoms with Gasteiger partial charge in [0.05, 0.1) is 32.6 Å². The van der Waals surface area contributed by atoms with E-state index < -0.39 is 0 Å². The summed E-state index contributed by atoms with van der Waals surface area (Å²) < 4.78 is 21.5. The van der Waals surface area contributed by atoms with Gasteiger partial charge in [-0.2, -0.15) is 0 Å². The van der Waals surface area contributed by atoms with Crippen LogP contribution < -0.4 is 9.47 Å². The van der Waals surface area contributed by atoms with Gasteiger partial charge in [-0.1, -0.05) is 0 Å². The standard InChI is InChI=1S/C23H31N3O5/c1-17-24-14-19(15-30-13-12-28-2)23(25-17)18-8-10-26(11-9-18)22(27)16-31-21-6-4-20(29-3)5-7-21/h4-7,14,18H,8-13,15-16H2,1-3H3. The lowest BCUT2D eigenvalue weighted by atomic mass is 9.91. The van der Waals surface area contributed by atoms with E-state index in [9.17, 15) is 4.79 Å². The van der Waals surface area contributed by atoms with E-state index in [0.717, 1.165) is 35.7 Å². The van der Waals surface area contributed by atoms with Crippen molar-refractivity contribution >= 4 is 5.91 Å². The SMILES string of the molecule is COCCOCc1cnc(C)nc1C1CCN(C(=O)COc2ccc(OC)cc2)CC1. The number of aryl methyl sites for hydroxylation is 1. The van der Waals surface area contributed by atoms with Crippen molar-refractivity contribution in [1.82, 2.24) is 14.9 Å². The van der Waals surface area contributed by atoms with Crippen molar-refractivity contribution in [3.63, 3.8) is 0 Å². The lowest BCUT2D eigenvalue weighted by molar-refractivity contribution is -0.134. The van der Waals surface area contributed by atoms with E-state index in [-0.39, 0.29) is 18.4 Å². The second-order valence-electron chi connectivity index (χ2n) is 7.49. The van der Waals surface area contributed by atoms with Crippen LogP contribution in [0, 0.1) is 6.92 Å². The summed E-state index contributed by atoms with van der Waals surface area (Å²) in [7, 11) is 3.27. The smallest absolute Gasteiger partial charge is 0.260 e. The van der Waals surface area contributed by atoms with Gasteiger partial charge >= 0.3 is 0 Å². The van der Waals surface area contributed by atoms with E-state index in [1.54, 1.807) is 26.4 Å². The molecular weight excluding hydrogens is 398 g/mol. The number of carbonyl (C=O) groups is 1. The minimum absolute atomic E-state index is 0.00346. The highest BCUT2D eigenvalue weighted by atomic mass is 16.5. The first-order valence-electron chi connectivity index (χ1n) is 10.5. The third kappa shape index (κ3) is 6.63. The number of likely N-dealkylation sites (tertiary alicyclic amines) is 1. The second-order valence-corrected chi connectivity index (χ2v) is 7.49. The Labute approximate surface area is 183 Å². The predicted molar refractivity (Wildman–Crippen MR) is 115 cm³/mol. The number of rotatable bonds is 10. The Morgan fingerprint density at radius 1 is 1.10 bits per heavy atom. The van der Waals surface area contributed by atoms with E-state index in [1.807, 2.05) is 30.2 Å². The second kappa shape index (κ2) is 11.6. The van der Waals surface area contributed by atoms with Gasteiger partial charge in [0.1, 0.15) is 17.3 Å². The molecule has 8 heteroatoms. The minimum Gasteiger partial charge on any atom is -0.497 e. The van der Waals surface area contributed by atoms with Crippen molar-refractivity contribution in [3.8, 4) is 11.5 Å². The molecule has 2 aromatic rings. The molecule has 1 aromatic carbocycles. The van der Waals surface area contributed by atoms with Crippen molar-refractivity contribution in [2.75, 3.05) is 47.1 Å². The Kier molecular flexibility index (Phi) is 8.61. The van der Waals surface area contributed by atoms with Gasteiger partial charge in [-0.25, -0.2) is 9.97 Å². The van der Waals surface area contributed by atoms with Gasteiger partial charge in [-0.15, -0.1) is 0 Å². The lowest BCUT2D eigenvalue weighted by Crippen LogP contribution is -2.40. The summed E-state index contributed by atoms with van der Waals surface area (Å²) in [6, 6.07) is 7.22. The van der Waals surface area contributed by atoms with E-state index >= 15 is 0 Å². The van der Waals surface area contributed by atoms with Crippen LogP contribution in [-0.2, 0) is 20.9 Å². The van der Waals surface area contributed by atoms with Crippen LogP contribution in [0.15, 0.2) is 30.5 Å². The zero-order valence-electron chi connectivity index (χ0n) is 18.5. The summed E-state index contributed by atoms with van der Waals surface area (Å²) in [6.45, 7) is 4.85. The van der Waals surface area contributed by atoms with Gasteiger partial charge in [0, 0.05) is 37.9 Å². The predicted octanol–water partition coefficient (Wildman–Crippen LogP) is 2.74. The Balaban J connectivity index is 1.51. The molecule has 0 spiro atoms. The highest BCUT2D eigenvalue weighted by molar-refractivity contribution is 5.77. The molecule has 168 valence electrons. The maximum atomic E-state index is 12.6. The molecule has 0 bridgehead atoms. The Morgan fingerprint density at radius 3 is 2.48 bits per heavy atom. The molecule has 1 fully saturated rings. The maximum absolute atomic E-state index is 12.6. The molecule has 1 saturated heterocycles. The zero-order valence-corrected chi connectivity index (χ0v) is 18.5. The minimum atomic E-state index is -0.00346. The number of aromatic nitrogens is 2. The van der Waals surface area contributed by atoms with Crippen LogP contribution in [0.5, 0.6) is 11.5 Å². The third-order valence-corrected chi connectivity index (χ3v) is 5.36. The van der Waals surface area contributed by atoms with Crippen LogP contribution in [-0.4, -0.2) is 67.9 Å². The van der Waals surface area contributed by atoms with Crippen molar-refractivity contribution in [3.05, 3.63) is 47.5 Å². The van der Waals surface area contributed by atoms with Crippen molar-refractivity contribution in [2.45, 2.75) is 32.3 Å². The molecule has 3 rings (SSSR count). The highest BCUT2D eigenvalue weighted by Gasteiger charge is 2.26. The molecule has 31 heavy (non-hydrogen) atoms. The average Bonchev–Trinajstić information content (AvgIpc) is 2.81. The van der Waals surface area contributed by atoms with Crippen LogP contribution in [0.25, 0.3) is 0 Å². The lowest BCUT2D eigenvalue weighted by Gasteiger charge is -2.32. The van der Waals surface area contributed by atoms with Crippen LogP contribution in [0.1, 0.15) is 35.8 Å². The summed E-state index contributed by atoms with van der Waals surface area (Å²) in [5.74, 6) is 2.44. The molecular formula is C23H31N3O5. The molecule has 8 nitrogen and oxygen atoms in total. The largest absolute Gasteiger partial charge is 0.497 e. The molecule has 0 unspecified atom stereocenters. The topological polar surface area (TPSA) is 83.0 Å². The van der Waals surface area contributed by atoms with Gasteiger partial charge in [-0.3, -0.25) is 4.79 Å². The molecule has 1 aromatic heterocycles. The Hall–Kier alpha value is -2.71. The molecule has 2 heterocycles. The number of benzene rings is 1. The fourth-order valence-electron chi connectivity index (χ4n) is 3.61. The van der Waals surface area contributed by atoms with Crippen molar-refractivity contribution in [1.29, 1.82) is 0 Å². The van der Waals surface area contributed by atoms with Gasteiger partial charge in [0.15, 0.2) is 6.61 Å². The summed E-state index contributed by atoms with van der Waals surface area (Å²) in [5.41, 5.74) is 2.04. The molecule has 0 N–H and O–H groups in total. The molecule has 0 radical (unpaired) electrons. The number of piperidine rings is 1. The van der Waals surface area contributed by atoms with Crippen LogP contribution in [0.2, 0.25) is 0 Å². The van der Waals surface area contributed by atoms with Crippen molar-refractivity contribution < 1.29 is 23.7 Å². The fraction of sp³-hybridized carbons (Fsp3) is 0.522. The number of hydrogen-bond donors (Lipinski definition) is 0. The number of ether oxygens (including phenoxy) is 4. The van der Waals surface area contributed by atoms with Crippen LogP contribution in [0.4, 0.5) is 0 Å².